The first kappa shape index (κ1) is 24.9. The van der Waals surface area contributed by atoms with Gasteiger partial charge in [0, 0.05) is 19.8 Å². The van der Waals surface area contributed by atoms with Crippen molar-refractivity contribution >= 4 is 11.8 Å². The molecule has 0 heterocycles. The van der Waals surface area contributed by atoms with Gasteiger partial charge in [-0.3, -0.25) is 9.59 Å². The molecule has 4 aliphatic carbocycles. The Kier molecular flexibility index (Phi) is 6.66. The molecule has 4 heteroatoms. The summed E-state index contributed by atoms with van der Waals surface area (Å²) in [6.07, 6.45) is 13.4. The molecule has 1 N–H and O–H groups in total. The lowest BCUT2D eigenvalue weighted by molar-refractivity contribution is -0.148. The Morgan fingerprint density at radius 2 is 1.88 bits per heavy atom. The molecular formula is C29H46O4. The summed E-state index contributed by atoms with van der Waals surface area (Å²) < 4.78 is 5.59. The van der Waals surface area contributed by atoms with E-state index < -0.39 is 5.60 Å². The zero-order valence-corrected chi connectivity index (χ0v) is 21.8. The van der Waals surface area contributed by atoms with Gasteiger partial charge in [-0.1, -0.05) is 32.4 Å². The van der Waals surface area contributed by atoms with Crippen LogP contribution < -0.4 is 0 Å². The summed E-state index contributed by atoms with van der Waals surface area (Å²) in [6.45, 7) is 12.1. The third-order valence-electron chi connectivity index (χ3n) is 10.7. The zero-order valence-electron chi connectivity index (χ0n) is 21.8. The summed E-state index contributed by atoms with van der Waals surface area (Å²) >= 11 is 0. The Morgan fingerprint density at radius 3 is 2.55 bits per heavy atom. The highest BCUT2D eigenvalue weighted by Gasteiger charge is 2.59. The van der Waals surface area contributed by atoms with Gasteiger partial charge in [-0.05, 0) is 106 Å². The van der Waals surface area contributed by atoms with Gasteiger partial charge >= 0.3 is 5.97 Å². The van der Waals surface area contributed by atoms with Gasteiger partial charge in [0.15, 0.2) is 5.78 Å². The SMILES string of the molecule is CC(=O)O[C@H]1CC[C@@]2(C)C(=CC[C@H]3[C@@H]4CC[C@H]([C@H](C)CCC(=O)C(C)(C)O)[C@@]4(C)CC[C@@H]32)C1. The van der Waals surface area contributed by atoms with Crippen molar-refractivity contribution in [3.63, 3.8) is 0 Å². The topological polar surface area (TPSA) is 63.6 Å². The number of carbonyl (C=O) groups is 2. The number of fused-ring (bicyclic) bond motifs is 5. The van der Waals surface area contributed by atoms with Crippen LogP contribution in [0.2, 0.25) is 0 Å². The summed E-state index contributed by atoms with van der Waals surface area (Å²) in [4.78, 5) is 23.8. The van der Waals surface area contributed by atoms with Crippen LogP contribution >= 0.6 is 0 Å². The van der Waals surface area contributed by atoms with Crippen molar-refractivity contribution in [1.82, 2.24) is 0 Å². The van der Waals surface area contributed by atoms with Crippen molar-refractivity contribution in [3.8, 4) is 0 Å². The fourth-order valence-electron chi connectivity index (χ4n) is 8.80. The highest BCUT2D eigenvalue weighted by atomic mass is 16.5. The first-order valence-corrected chi connectivity index (χ1v) is 13.5. The number of Topliss-reactive ketones (excluding diaryl/α,β-unsaturated/α-hetero) is 1. The first-order valence-electron chi connectivity index (χ1n) is 13.5. The summed E-state index contributed by atoms with van der Waals surface area (Å²) in [5, 5.41) is 10.0. The minimum atomic E-state index is -1.21. The number of hydrogen-bond donors (Lipinski definition) is 1. The molecule has 0 aliphatic heterocycles. The van der Waals surface area contributed by atoms with E-state index in [0.717, 1.165) is 43.4 Å². The van der Waals surface area contributed by atoms with Crippen molar-refractivity contribution in [2.45, 2.75) is 117 Å². The normalized spacial score (nSPS) is 41.3. The predicted molar refractivity (Wildman–Crippen MR) is 130 cm³/mol. The lowest BCUT2D eigenvalue weighted by atomic mass is 9.47. The Morgan fingerprint density at radius 1 is 1.15 bits per heavy atom. The average Bonchev–Trinajstić information content (AvgIpc) is 3.08. The fraction of sp³-hybridized carbons (Fsp3) is 0.862. The highest BCUT2D eigenvalue weighted by molar-refractivity contribution is 5.86. The molecule has 0 amide bonds. The number of aliphatic hydroxyl groups is 1. The maximum Gasteiger partial charge on any atom is 0.302 e. The van der Waals surface area contributed by atoms with Crippen molar-refractivity contribution < 1.29 is 19.4 Å². The number of carbonyl (C=O) groups excluding carboxylic acids is 2. The molecular weight excluding hydrogens is 412 g/mol. The van der Waals surface area contributed by atoms with Gasteiger partial charge in [0.1, 0.15) is 11.7 Å². The molecule has 4 aliphatic rings. The monoisotopic (exact) mass is 458 g/mol. The van der Waals surface area contributed by atoms with Crippen LogP contribution in [0.3, 0.4) is 0 Å². The molecule has 0 saturated heterocycles. The van der Waals surface area contributed by atoms with Crippen LogP contribution in [0.4, 0.5) is 0 Å². The molecule has 0 unspecified atom stereocenters. The lowest BCUT2D eigenvalue weighted by Gasteiger charge is -2.58. The third-order valence-corrected chi connectivity index (χ3v) is 10.7. The van der Waals surface area contributed by atoms with Gasteiger partial charge in [-0.15, -0.1) is 0 Å². The Hall–Kier alpha value is -1.16. The van der Waals surface area contributed by atoms with Crippen LogP contribution in [0.1, 0.15) is 106 Å². The van der Waals surface area contributed by atoms with E-state index in [1.165, 1.54) is 39.0 Å². The van der Waals surface area contributed by atoms with E-state index in [9.17, 15) is 14.7 Å². The molecule has 0 aromatic heterocycles. The van der Waals surface area contributed by atoms with Crippen molar-refractivity contribution in [2.75, 3.05) is 0 Å². The summed E-state index contributed by atoms with van der Waals surface area (Å²) in [7, 11) is 0. The van der Waals surface area contributed by atoms with Gasteiger partial charge in [0.2, 0.25) is 0 Å². The fourth-order valence-corrected chi connectivity index (χ4v) is 8.80. The Bertz CT molecular complexity index is 807. The largest absolute Gasteiger partial charge is 0.462 e. The molecule has 33 heavy (non-hydrogen) atoms. The van der Waals surface area contributed by atoms with Gasteiger partial charge in [0.05, 0.1) is 0 Å². The van der Waals surface area contributed by atoms with Gasteiger partial charge < -0.3 is 9.84 Å². The standard InChI is InChI=1S/C29H46O4/c1-18(7-12-26(31)27(3,4)32)23-10-11-24-22-9-8-20-17-21(33-19(2)30)13-15-28(20,5)25(22)14-16-29(23,24)6/h8,18,21-25,32H,7,9-17H2,1-6H3/t18-,21+,22+,23-,24+,25+,28+,29-/m1/s1. The van der Waals surface area contributed by atoms with E-state index in [0.29, 0.717) is 23.7 Å². The number of ketones is 1. The minimum Gasteiger partial charge on any atom is -0.462 e. The van der Waals surface area contributed by atoms with Crippen LogP contribution in [0.5, 0.6) is 0 Å². The lowest BCUT2D eigenvalue weighted by Crippen LogP contribution is -2.51. The van der Waals surface area contributed by atoms with Crippen LogP contribution in [0, 0.1) is 40.4 Å². The second-order valence-electron chi connectivity index (χ2n) is 13.0. The van der Waals surface area contributed by atoms with Crippen LogP contribution in [-0.2, 0) is 14.3 Å². The van der Waals surface area contributed by atoms with Crippen LogP contribution in [0.15, 0.2) is 11.6 Å². The molecule has 8 atom stereocenters. The number of hydrogen-bond acceptors (Lipinski definition) is 4. The van der Waals surface area contributed by atoms with E-state index in [1.54, 1.807) is 19.4 Å². The average molecular weight is 459 g/mol. The summed E-state index contributed by atoms with van der Waals surface area (Å²) in [6, 6.07) is 0. The second-order valence-corrected chi connectivity index (χ2v) is 13.0. The zero-order chi connectivity index (χ0) is 24.2. The smallest absolute Gasteiger partial charge is 0.302 e. The van der Waals surface area contributed by atoms with E-state index in [-0.39, 0.29) is 23.3 Å². The maximum atomic E-state index is 12.3. The summed E-state index contributed by atoms with van der Waals surface area (Å²) in [5.74, 6) is 3.30. The molecule has 4 rings (SSSR count). The van der Waals surface area contributed by atoms with Crippen LogP contribution in [0.25, 0.3) is 0 Å². The number of allylic oxidation sites excluding steroid dienone is 1. The van der Waals surface area contributed by atoms with Crippen molar-refractivity contribution in [1.29, 1.82) is 0 Å². The quantitative estimate of drug-likeness (QED) is 0.377. The van der Waals surface area contributed by atoms with Crippen molar-refractivity contribution in [3.05, 3.63) is 11.6 Å². The molecule has 0 aromatic carbocycles. The Balaban J connectivity index is 1.46. The van der Waals surface area contributed by atoms with Gasteiger partial charge in [-0.2, -0.15) is 0 Å². The summed E-state index contributed by atoms with van der Waals surface area (Å²) in [5.41, 5.74) is 0.979. The Labute approximate surface area is 200 Å². The number of ether oxygens (including phenoxy) is 1. The molecule has 0 spiro atoms. The van der Waals surface area contributed by atoms with Gasteiger partial charge in [-0.25, -0.2) is 0 Å². The molecule has 3 fully saturated rings. The molecule has 0 bridgehead atoms. The van der Waals surface area contributed by atoms with Gasteiger partial charge in [0.25, 0.3) is 0 Å². The number of esters is 1. The molecule has 3 saturated carbocycles. The van der Waals surface area contributed by atoms with E-state index in [1.807, 2.05) is 0 Å². The van der Waals surface area contributed by atoms with Crippen molar-refractivity contribution in [2.24, 2.45) is 40.4 Å². The molecule has 0 aromatic rings. The highest BCUT2D eigenvalue weighted by Crippen LogP contribution is 2.67. The number of rotatable bonds is 6. The van der Waals surface area contributed by atoms with E-state index in [4.69, 9.17) is 4.74 Å². The van der Waals surface area contributed by atoms with Crippen LogP contribution in [-0.4, -0.2) is 28.6 Å². The third kappa shape index (κ3) is 4.46. The first-order chi connectivity index (χ1) is 15.4. The molecule has 4 nitrogen and oxygen atoms in total. The maximum absolute atomic E-state index is 12.3. The minimum absolute atomic E-state index is 0.0278. The predicted octanol–water partition coefficient (Wildman–Crippen LogP) is 6.25. The van der Waals surface area contributed by atoms with E-state index in [2.05, 4.69) is 26.8 Å². The second kappa shape index (κ2) is 8.81. The van der Waals surface area contributed by atoms with E-state index >= 15 is 0 Å². The molecule has 186 valence electrons. The molecule has 0 radical (unpaired) electrons.